The number of benzene rings is 2. The molecule has 0 radical (unpaired) electrons. The van der Waals surface area contributed by atoms with Gasteiger partial charge in [0.25, 0.3) is 0 Å². The molecule has 10 heteroatoms. The van der Waals surface area contributed by atoms with Crippen LogP contribution in [0.1, 0.15) is 17.5 Å². The predicted molar refractivity (Wildman–Crippen MR) is 117 cm³/mol. The molecule has 2 rings (SSSR count). The number of rotatable bonds is 11. The van der Waals surface area contributed by atoms with E-state index in [1.54, 1.807) is 54.6 Å². The largest absolute Gasteiger partial charge is 0.467 e. The number of primary amides is 1. The van der Waals surface area contributed by atoms with Crippen molar-refractivity contribution in [3.63, 3.8) is 0 Å². The number of nitrogens with one attached hydrogen (secondary N) is 2. The molecule has 2 aromatic rings. The monoisotopic (exact) mass is 457 g/mol. The smallest absolute Gasteiger partial charge is 0.408 e. The van der Waals surface area contributed by atoms with Crippen molar-refractivity contribution in [3.8, 4) is 0 Å². The highest BCUT2D eigenvalue weighted by molar-refractivity contribution is 5.91. The summed E-state index contributed by atoms with van der Waals surface area (Å²) in [4.78, 5) is 48.4. The number of carbonyl (C=O) groups is 4. The first-order valence-electron chi connectivity index (χ1n) is 10.2. The van der Waals surface area contributed by atoms with Gasteiger partial charge in [0.2, 0.25) is 11.8 Å². The Morgan fingerprint density at radius 2 is 1.52 bits per heavy atom. The Morgan fingerprint density at radius 1 is 0.939 bits per heavy atom. The Bertz CT molecular complexity index is 938. The number of aliphatic hydroxyl groups excluding tert-OH is 1. The maximum absolute atomic E-state index is 12.9. The molecule has 0 spiro atoms. The van der Waals surface area contributed by atoms with Gasteiger partial charge in [0, 0.05) is 0 Å². The summed E-state index contributed by atoms with van der Waals surface area (Å²) in [6, 6.07) is 15.2. The van der Waals surface area contributed by atoms with Gasteiger partial charge in [-0.3, -0.25) is 9.59 Å². The lowest BCUT2D eigenvalue weighted by Crippen LogP contribution is -2.55. The zero-order chi connectivity index (χ0) is 24.2. The average Bonchev–Trinajstić information content (AvgIpc) is 2.82. The normalized spacial score (nSPS) is 13.2. The number of alkyl carbamates (subject to hydrolysis) is 1. The Hall–Kier alpha value is -3.92. The zero-order valence-electron chi connectivity index (χ0n) is 18.1. The molecule has 0 bridgehead atoms. The molecule has 0 aliphatic heterocycles. The summed E-state index contributed by atoms with van der Waals surface area (Å²) >= 11 is 0. The minimum absolute atomic E-state index is 0.0464. The molecule has 3 amide bonds. The van der Waals surface area contributed by atoms with Crippen LogP contribution in [0, 0.1) is 0 Å². The van der Waals surface area contributed by atoms with Crippen molar-refractivity contribution < 1.29 is 33.8 Å². The lowest BCUT2D eigenvalue weighted by Gasteiger charge is -2.25. The fourth-order valence-electron chi connectivity index (χ4n) is 3.00. The van der Waals surface area contributed by atoms with Gasteiger partial charge in [-0.05, 0) is 17.5 Å². The Balaban J connectivity index is 2.09. The van der Waals surface area contributed by atoms with Crippen LogP contribution in [0.5, 0.6) is 0 Å². The summed E-state index contributed by atoms with van der Waals surface area (Å²) in [5.41, 5.74) is 6.68. The van der Waals surface area contributed by atoms with Gasteiger partial charge in [-0.25, -0.2) is 9.59 Å². The van der Waals surface area contributed by atoms with E-state index >= 15 is 0 Å². The van der Waals surface area contributed by atoms with Crippen LogP contribution in [0.4, 0.5) is 4.79 Å². The van der Waals surface area contributed by atoms with E-state index in [0.29, 0.717) is 0 Å². The number of esters is 1. The fourth-order valence-corrected chi connectivity index (χ4v) is 3.00. The molecule has 0 heterocycles. The summed E-state index contributed by atoms with van der Waals surface area (Å²) in [5.74, 6) is -2.61. The Labute approximate surface area is 191 Å². The molecule has 33 heavy (non-hydrogen) atoms. The minimum Gasteiger partial charge on any atom is -0.467 e. The highest BCUT2D eigenvalue weighted by Crippen LogP contribution is 2.09. The van der Waals surface area contributed by atoms with E-state index in [1.807, 2.05) is 6.07 Å². The van der Waals surface area contributed by atoms with E-state index in [9.17, 15) is 24.3 Å². The number of methoxy groups -OCH3 is 1. The van der Waals surface area contributed by atoms with Gasteiger partial charge in [-0.2, -0.15) is 0 Å². The van der Waals surface area contributed by atoms with Gasteiger partial charge in [0.05, 0.1) is 19.6 Å². The second kappa shape index (κ2) is 12.8. The number of hydrogen-bond acceptors (Lipinski definition) is 7. The van der Waals surface area contributed by atoms with Gasteiger partial charge >= 0.3 is 12.1 Å². The number of nitrogens with two attached hydrogens (primary N) is 1. The van der Waals surface area contributed by atoms with E-state index in [-0.39, 0.29) is 13.0 Å². The highest BCUT2D eigenvalue weighted by atomic mass is 16.5. The third-order valence-electron chi connectivity index (χ3n) is 4.68. The van der Waals surface area contributed by atoms with Crippen LogP contribution in [0.2, 0.25) is 0 Å². The van der Waals surface area contributed by atoms with Crippen LogP contribution in [-0.2, 0) is 36.9 Å². The van der Waals surface area contributed by atoms with Crippen molar-refractivity contribution in [2.45, 2.75) is 37.6 Å². The molecule has 2 aromatic carbocycles. The summed E-state index contributed by atoms with van der Waals surface area (Å²) in [5, 5.41) is 15.1. The third kappa shape index (κ3) is 8.62. The summed E-state index contributed by atoms with van der Waals surface area (Å²) in [6.07, 6.45) is -3.05. The van der Waals surface area contributed by atoms with Gasteiger partial charge < -0.3 is 30.9 Å². The van der Waals surface area contributed by atoms with Crippen molar-refractivity contribution in [1.82, 2.24) is 10.6 Å². The maximum Gasteiger partial charge on any atom is 0.408 e. The first kappa shape index (κ1) is 25.3. The van der Waals surface area contributed by atoms with E-state index in [4.69, 9.17) is 10.5 Å². The molecule has 10 nitrogen and oxygen atoms in total. The molecule has 5 N–H and O–H groups in total. The van der Waals surface area contributed by atoms with Crippen LogP contribution in [0.3, 0.4) is 0 Å². The first-order chi connectivity index (χ1) is 15.8. The SMILES string of the molecule is COC(=O)C(O)C(Cc1ccccc1)NC(=O)[C@H](CC(N)=O)NC(=O)OCc1ccccc1. The van der Waals surface area contributed by atoms with Crippen LogP contribution in [0.15, 0.2) is 60.7 Å². The van der Waals surface area contributed by atoms with E-state index in [2.05, 4.69) is 15.4 Å². The predicted octanol–water partition coefficient (Wildman–Crippen LogP) is 0.418. The van der Waals surface area contributed by atoms with Crippen molar-refractivity contribution in [1.29, 1.82) is 0 Å². The molecule has 176 valence electrons. The Kier molecular flexibility index (Phi) is 9.84. The molecule has 0 saturated heterocycles. The summed E-state index contributed by atoms with van der Waals surface area (Å²) in [6.45, 7) is -0.0464. The molecule has 0 aliphatic carbocycles. The van der Waals surface area contributed by atoms with Crippen molar-refractivity contribution >= 4 is 23.9 Å². The van der Waals surface area contributed by atoms with Crippen LogP contribution < -0.4 is 16.4 Å². The number of ether oxygens (including phenoxy) is 2. The van der Waals surface area contributed by atoms with Crippen LogP contribution in [-0.4, -0.2) is 54.3 Å². The lowest BCUT2D eigenvalue weighted by atomic mass is 10.0. The Morgan fingerprint density at radius 3 is 2.06 bits per heavy atom. The van der Waals surface area contributed by atoms with Crippen molar-refractivity contribution in [2.24, 2.45) is 5.73 Å². The average molecular weight is 457 g/mol. The van der Waals surface area contributed by atoms with Gasteiger partial charge in [-0.1, -0.05) is 60.7 Å². The van der Waals surface area contributed by atoms with Gasteiger partial charge in [-0.15, -0.1) is 0 Å². The van der Waals surface area contributed by atoms with Crippen LogP contribution in [0.25, 0.3) is 0 Å². The van der Waals surface area contributed by atoms with E-state index in [1.165, 1.54) is 0 Å². The second-order valence-electron chi connectivity index (χ2n) is 7.20. The zero-order valence-corrected chi connectivity index (χ0v) is 18.1. The van der Waals surface area contributed by atoms with Crippen molar-refractivity contribution in [3.05, 3.63) is 71.8 Å². The summed E-state index contributed by atoms with van der Waals surface area (Å²) in [7, 11) is 1.10. The van der Waals surface area contributed by atoms with E-state index < -0.39 is 48.5 Å². The molecule has 2 unspecified atom stereocenters. The molecular formula is C23H27N3O7. The summed E-state index contributed by atoms with van der Waals surface area (Å²) < 4.78 is 9.66. The molecule has 0 fully saturated rings. The maximum atomic E-state index is 12.9. The molecule has 3 atom stereocenters. The fraction of sp³-hybridized carbons (Fsp3) is 0.304. The molecule has 0 saturated carbocycles. The number of carbonyl (C=O) groups excluding carboxylic acids is 4. The molecule has 0 aliphatic rings. The number of amides is 3. The quantitative estimate of drug-likeness (QED) is 0.356. The standard InChI is InChI=1S/C23H27N3O7/c1-32-22(30)20(28)17(12-15-8-4-2-5-9-15)25-21(29)18(13-19(24)27)26-23(31)33-14-16-10-6-3-7-11-16/h2-11,17-18,20,28H,12-14H2,1H3,(H2,24,27)(H,25,29)(H,26,31)/t17?,18-,20?/m0/s1. The molecular weight excluding hydrogens is 430 g/mol. The van der Waals surface area contributed by atoms with Gasteiger partial charge in [0.15, 0.2) is 6.10 Å². The number of hydrogen-bond donors (Lipinski definition) is 4. The molecule has 0 aromatic heterocycles. The lowest BCUT2D eigenvalue weighted by molar-refractivity contribution is -0.152. The van der Waals surface area contributed by atoms with Gasteiger partial charge in [0.1, 0.15) is 12.6 Å². The van der Waals surface area contributed by atoms with E-state index in [0.717, 1.165) is 18.2 Å². The number of aliphatic hydroxyl groups is 1. The topological polar surface area (TPSA) is 157 Å². The van der Waals surface area contributed by atoms with Crippen LogP contribution >= 0.6 is 0 Å². The second-order valence-corrected chi connectivity index (χ2v) is 7.20. The minimum atomic E-state index is -1.68. The van der Waals surface area contributed by atoms with Crippen molar-refractivity contribution in [2.75, 3.05) is 7.11 Å². The first-order valence-corrected chi connectivity index (χ1v) is 10.2. The third-order valence-corrected chi connectivity index (χ3v) is 4.68. The highest BCUT2D eigenvalue weighted by Gasteiger charge is 2.32.